The third-order valence-electron chi connectivity index (χ3n) is 3.36. The van der Waals surface area contributed by atoms with Crippen LogP contribution in [0.1, 0.15) is 33.9 Å². The van der Waals surface area contributed by atoms with Crippen molar-refractivity contribution < 1.29 is 0 Å². The molecular formula is C16H21N3. The van der Waals surface area contributed by atoms with E-state index in [-0.39, 0.29) is 6.04 Å². The summed E-state index contributed by atoms with van der Waals surface area (Å²) in [4.78, 5) is 4.13. The first-order valence-electron chi connectivity index (χ1n) is 6.54. The van der Waals surface area contributed by atoms with Crippen LogP contribution in [-0.4, -0.2) is 4.98 Å². The summed E-state index contributed by atoms with van der Waals surface area (Å²) < 4.78 is 0. The summed E-state index contributed by atoms with van der Waals surface area (Å²) >= 11 is 0. The number of hydrogen-bond acceptors (Lipinski definition) is 3. The summed E-state index contributed by atoms with van der Waals surface area (Å²) in [6.07, 6.45) is 4.57. The maximum Gasteiger partial charge on any atom is 0.0504 e. The minimum atomic E-state index is 0.115. The van der Waals surface area contributed by atoms with Gasteiger partial charge in [0.25, 0.3) is 0 Å². The van der Waals surface area contributed by atoms with Crippen LogP contribution >= 0.6 is 0 Å². The average Bonchev–Trinajstić information content (AvgIpc) is 2.36. The van der Waals surface area contributed by atoms with Gasteiger partial charge in [-0.05, 0) is 49.9 Å². The lowest BCUT2D eigenvalue weighted by atomic mass is 9.95. The van der Waals surface area contributed by atoms with E-state index in [0.717, 1.165) is 12.0 Å². The largest absolute Gasteiger partial charge is 0.271 e. The lowest BCUT2D eigenvalue weighted by molar-refractivity contribution is 0.548. The van der Waals surface area contributed by atoms with Gasteiger partial charge in [-0.25, -0.2) is 0 Å². The molecule has 0 amide bonds. The van der Waals surface area contributed by atoms with E-state index in [4.69, 9.17) is 5.84 Å². The Morgan fingerprint density at radius 3 is 2.42 bits per heavy atom. The summed E-state index contributed by atoms with van der Waals surface area (Å²) in [5.74, 6) is 5.73. The zero-order valence-corrected chi connectivity index (χ0v) is 11.8. The SMILES string of the molecule is Cc1cc(C)cc(CC(NN)c2ccncc2C)c1. The highest BCUT2D eigenvalue weighted by molar-refractivity contribution is 5.32. The van der Waals surface area contributed by atoms with E-state index in [2.05, 4.69) is 49.4 Å². The molecule has 2 rings (SSSR count). The van der Waals surface area contributed by atoms with Crippen LogP contribution in [0.5, 0.6) is 0 Å². The fourth-order valence-electron chi connectivity index (χ4n) is 2.56. The molecule has 3 N–H and O–H groups in total. The molecule has 3 nitrogen and oxygen atoms in total. The van der Waals surface area contributed by atoms with Gasteiger partial charge in [0.15, 0.2) is 0 Å². The molecule has 1 heterocycles. The van der Waals surface area contributed by atoms with Crippen LogP contribution in [0.25, 0.3) is 0 Å². The molecule has 100 valence electrons. The van der Waals surface area contributed by atoms with Crippen molar-refractivity contribution in [2.75, 3.05) is 0 Å². The number of nitrogens with zero attached hydrogens (tertiary/aromatic N) is 1. The second-order valence-electron chi connectivity index (χ2n) is 5.15. The summed E-state index contributed by atoms with van der Waals surface area (Å²) in [7, 11) is 0. The van der Waals surface area contributed by atoms with Gasteiger partial charge in [0.2, 0.25) is 0 Å². The maximum atomic E-state index is 5.73. The van der Waals surface area contributed by atoms with Crippen molar-refractivity contribution in [3.8, 4) is 0 Å². The number of hydrogen-bond donors (Lipinski definition) is 2. The summed E-state index contributed by atoms with van der Waals surface area (Å²) in [6, 6.07) is 8.76. The zero-order valence-electron chi connectivity index (χ0n) is 11.8. The summed E-state index contributed by atoms with van der Waals surface area (Å²) in [5.41, 5.74) is 9.17. The Morgan fingerprint density at radius 1 is 1.16 bits per heavy atom. The van der Waals surface area contributed by atoms with E-state index in [1.54, 1.807) is 0 Å². The number of nitrogens with one attached hydrogen (secondary N) is 1. The minimum Gasteiger partial charge on any atom is -0.271 e. The van der Waals surface area contributed by atoms with Crippen molar-refractivity contribution in [2.24, 2.45) is 5.84 Å². The van der Waals surface area contributed by atoms with Crippen LogP contribution in [0, 0.1) is 20.8 Å². The predicted octanol–water partition coefficient (Wildman–Crippen LogP) is 2.75. The Morgan fingerprint density at radius 2 is 1.84 bits per heavy atom. The number of rotatable bonds is 4. The Balaban J connectivity index is 2.26. The lowest BCUT2D eigenvalue weighted by Crippen LogP contribution is -2.30. The molecule has 0 fully saturated rings. The van der Waals surface area contributed by atoms with Gasteiger partial charge >= 0.3 is 0 Å². The topological polar surface area (TPSA) is 50.9 Å². The number of benzene rings is 1. The van der Waals surface area contributed by atoms with Crippen molar-refractivity contribution in [1.82, 2.24) is 10.4 Å². The zero-order chi connectivity index (χ0) is 13.8. The second-order valence-corrected chi connectivity index (χ2v) is 5.15. The van der Waals surface area contributed by atoms with Gasteiger partial charge in [-0.15, -0.1) is 0 Å². The Kier molecular flexibility index (Phi) is 4.30. The van der Waals surface area contributed by atoms with E-state index >= 15 is 0 Å². The number of nitrogens with two attached hydrogens (primary N) is 1. The van der Waals surface area contributed by atoms with Gasteiger partial charge in [0.05, 0.1) is 6.04 Å². The summed E-state index contributed by atoms with van der Waals surface area (Å²) in [6.45, 7) is 6.31. The van der Waals surface area contributed by atoms with E-state index in [1.165, 1.54) is 22.3 Å². The Hall–Kier alpha value is -1.71. The molecule has 2 aromatic rings. The minimum absolute atomic E-state index is 0.115. The van der Waals surface area contributed by atoms with E-state index in [9.17, 15) is 0 Å². The van der Waals surface area contributed by atoms with Crippen molar-refractivity contribution in [3.63, 3.8) is 0 Å². The van der Waals surface area contributed by atoms with Crippen LogP contribution in [0.4, 0.5) is 0 Å². The van der Waals surface area contributed by atoms with Crippen molar-refractivity contribution in [1.29, 1.82) is 0 Å². The summed E-state index contributed by atoms with van der Waals surface area (Å²) in [5, 5.41) is 0. The maximum absolute atomic E-state index is 5.73. The molecule has 0 radical (unpaired) electrons. The molecule has 19 heavy (non-hydrogen) atoms. The number of aryl methyl sites for hydroxylation is 3. The predicted molar refractivity (Wildman–Crippen MR) is 78.7 cm³/mol. The highest BCUT2D eigenvalue weighted by atomic mass is 15.2. The highest BCUT2D eigenvalue weighted by Gasteiger charge is 2.13. The molecular weight excluding hydrogens is 234 g/mol. The molecule has 0 aliphatic rings. The van der Waals surface area contributed by atoms with Gasteiger partial charge in [-0.3, -0.25) is 16.3 Å². The third kappa shape index (κ3) is 3.40. The first kappa shape index (κ1) is 13.7. The lowest BCUT2D eigenvalue weighted by Gasteiger charge is -2.19. The van der Waals surface area contributed by atoms with Gasteiger partial charge in [-0.2, -0.15) is 0 Å². The Labute approximate surface area is 114 Å². The molecule has 0 bridgehead atoms. The van der Waals surface area contributed by atoms with Gasteiger partial charge in [0.1, 0.15) is 0 Å². The normalized spacial score (nSPS) is 12.4. The molecule has 0 aliphatic heterocycles. The average molecular weight is 255 g/mol. The molecule has 1 unspecified atom stereocenters. The van der Waals surface area contributed by atoms with Crippen molar-refractivity contribution >= 4 is 0 Å². The molecule has 0 saturated heterocycles. The number of hydrazine groups is 1. The fraction of sp³-hybridized carbons (Fsp3) is 0.312. The Bertz CT molecular complexity index is 543. The molecule has 1 atom stereocenters. The van der Waals surface area contributed by atoms with E-state index < -0.39 is 0 Å². The quantitative estimate of drug-likeness (QED) is 0.652. The first-order chi connectivity index (χ1) is 9.10. The van der Waals surface area contributed by atoms with Crippen LogP contribution in [0.3, 0.4) is 0 Å². The molecule has 3 heteroatoms. The van der Waals surface area contributed by atoms with Crippen molar-refractivity contribution in [3.05, 3.63) is 64.5 Å². The van der Waals surface area contributed by atoms with E-state index in [0.29, 0.717) is 0 Å². The second kappa shape index (κ2) is 5.95. The molecule has 1 aromatic carbocycles. The van der Waals surface area contributed by atoms with Gasteiger partial charge in [-0.1, -0.05) is 29.3 Å². The van der Waals surface area contributed by atoms with Gasteiger partial charge < -0.3 is 0 Å². The van der Waals surface area contributed by atoms with E-state index in [1.807, 2.05) is 18.5 Å². The smallest absolute Gasteiger partial charge is 0.0504 e. The molecule has 1 aromatic heterocycles. The van der Waals surface area contributed by atoms with Crippen LogP contribution in [0.2, 0.25) is 0 Å². The van der Waals surface area contributed by atoms with Crippen LogP contribution in [0.15, 0.2) is 36.7 Å². The highest BCUT2D eigenvalue weighted by Crippen LogP contribution is 2.21. The van der Waals surface area contributed by atoms with Crippen LogP contribution in [-0.2, 0) is 6.42 Å². The van der Waals surface area contributed by atoms with Gasteiger partial charge in [0, 0.05) is 12.4 Å². The standard InChI is InChI=1S/C16H21N3/c1-11-6-12(2)8-14(7-11)9-16(19-17)15-4-5-18-10-13(15)3/h4-8,10,16,19H,9,17H2,1-3H3. The monoisotopic (exact) mass is 255 g/mol. The number of pyridine rings is 1. The fourth-order valence-corrected chi connectivity index (χ4v) is 2.56. The number of aromatic nitrogens is 1. The van der Waals surface area contributed by atoms with Crippen molar-refractivity contribution in [2.45, 2.75) is 33.2 Å². The molecule has 0 aliphatic carbocycles. The molecule has 0 spiro atoms. The molecule has 0 saturated carbocycles. The first-order valence-corrected chi connectivity index (χ1v) is 6.54. The third-order valence-corrected chi connectivity index (χ3v) is 3.36. The van der Waals surface area contributed by atoms with Crippen LogP contribution < -0.4 is 11.3 Å².